The molecular weight excluding hydrogens is 713 g/mol. The first kappa shape index (κ1) is 50.9. The zero-order chi connectivity index (χ0) is 41.9. The van der Waals surface area contributed by atoms with E-state index in [0.717, 1.165) is 36.5 Å². The van der Waals surface area contributed by atoms with E-state index in [9.17, 15) is 14.7 Å². The highest BCUT2D eigenvalue weighted by atomic mass is 28.4. The van der Waals surface area contributed by atoms with Gasteiger partial charge < -0.3 is 28.2 Å². The molecule has 0 aromatic rings. The van der Waals surface area contributed by atoms with Crippen molar-refractivity contribution in [2.24, 2.45) is 17.3 Å². The number of hydrogen-bond acceptors (Lipinski definition) is 8. The molecule has 1 saturated heterocycles. The van der Waals surface area contributed by atoms with Crippen LogP contribution in [-0.2, 0) is 32.7 Å². The molecule has 8 nitrogen and oxygen atoms in total. The Bertz CT molecular complexity index is 1220. The molecule has 54 heavy (non-hydrogen) atoms. The van der Waals surface area contributed by atoms with Gasteiger partial charge in [-0.2, -0.15) is 0 Å². The van der Waals surface area contributed by atoms with Gasteiger partial charge in [0.05, 0.1) is 31.5 Å². The van der Waals surface area contributed by atoms with Crippen molar-refractivity contribution in [2.75, 3.05) is 7.11 Å². The predicted octanol–water partition coefficient (Wildman–Crippen LogP) is 11.3. The van der Waals surface area contributed by atoms with Crippen molar-refractivity contribution < 1.29 is 37.8 Å². The molecule has 10 heteroatoms. The van der Waals surface area contributed by atoms with E-state index in [0.29, 0.717) is 0 Å². The Hall–Kier alpha value is -1.15. The lowest BCUT2D eigenvalue weighted by Crippen LogP contribution is -2.58. The monoisotopic (exact) mass is 797 g/mol. The van der Waals surface area contributed by atoms with Crippen LogP contribution in [-0.4, -0.2) is 76.9 Å². The average molecular weight is 797 g/mol. The Morgan fingerprint density at radius 3 is 2.00 bits per heavy atom. The maximum atomic E-state index is 12.9. The molecule has 1 fully saturated rings. The predicted molar refractivity (Wildman–Crippen MR) is 229 cm³/mol. The molecular formula is C44H84O8Si2. The van der Waals surface area contributed by atoms with Crippen molar-refractivity contribution in [3.05, 3.63) is 23.3 Å². The normalized spacial score (nSPS) is 22.6. The van der Waals surface area contributed by atoms with Gasteiger partial charge in [-0.3, -0.25) is 9.59 Å². The van der Waals surface area contributed by atoms with E-state index in [4.69, 9.17) is 23.1 Å². The van der Waals surface area contributed by atoms with Crippen LogP contribution < -0.4 is 0 Å². The molecule has 0 saturated carbocycles. The number of aliphatic hydroxyl groups is 1. The summed E-state index contributed by atoms with van der Waals surface area (Å²) in [4.78, 5) is 24.7. The second-order valence-electron chi connectivity index (χ2n) is 18.9. The number of carbonyl (C=O) groups excluding carboxylic acids is 2. The molecule has 0 radical (unpaired) electrons. The van der Waals surface area contributed by atoms with E-state index in [1.54, 1.807) is 6.92 Å². The minimum Gasteiger partial charge on any atom is -0.469 e. The van der Waals surface area contributed by atoms with E-state index >= 15 is 0 Å². The van der Waals surface area contributed by atoms with Crippen LogP contribution in [0.4, 0.5) is 0 Å². The van der Waals surface area contributed by atoms with Crippen LogP contribution in [0.15, 0.2) is 23.3 Å². The fraction of sp³-hybridized carbons (Fsp3) is 0.864. The molecule has 1 aliphatic rings. The molecule has 0 aromatic carbocycles. The summed E-state index contributed by atoms with van der Waals surface area (Å²) in [6.07, 6.45) is 8.51. The smallest absolute Gasteiger partial charge is 0.313 e. The third-order valence-corrected chi connectivity index (χ3v) is 21.8. The Kier molecular flexibility index (Phi) is 20.3. The van der Waals surface area contributed by atoms with Crippen molar-refractivity contribution in [3.63, 3.8) is 0 Å². The third-order valence-electron chi connectivity index (χ3n) is 12.7. The third kappa shape index (κ3) is 14.7. The van der Waals surface area contributed by atoms with Gasteiger partial charge in [0.2, 0.25) is 0 Å². The molecule has 7 atom stereocenters. The number of ketones is 1. The van der Waals surface area contributed by atoms with Gasteiger partial charge in [-0.15, -0.1) is 0 Å². The summed E-state index contributed by atoms with van der Waals surface area (Å²) in [5, 5.41) is 11.5. The van der Waals surface area contributed by atoms with E-state index in [-0.39, 0.29) is 59.4 Å². The van der Waals surface area contributed by atoms with Gasteiger partial charge in [-0.25, -0.2) is 0 Å². The minimum atomic E-state index is -2.10. The van der Waals surface area contributed by atoms with Gasteiger partial charge in [0, 0.05) is 29.8 Å². The van der Waals surface area contributed by atoms with E-state index in [2.05, 4.69) is 108 Å². The number of Topliss-reactive ketones (excluding diaryl/α,β-unsaturated/α-hetero) is 1. The van der Waals surface area contributed by atoms with Crippen LogP contribution in [0.5, 0.6) is 0 Å². The molecule has 1 rings (SSSR count). The van der Waals surface area contributed by atoms with Crippen molar-refractivity contribution in [1.82, 2.24) is 0 Å². The molecule has 0 spiro atoms. The molecule has 1 N–H and O–H groups in total. The van der Waals surface area contributed by atoms with Crippen LogP contribution in [0.1, 0.15) is 149 Å². The van der Waals surface area contributed by atoms with E-state index in [1.165, 1.54) is 31.9 Å². The van der Waals surface area contributed by atoms with Gasteiger partial charge in [0.15, 0.2) is 22.4 Å². The number of unbranched alkanes of at least 4 members (excludes halogenated alkanes) is 2. The van der Waals surface area contributed by atoms with Crippen molar-refractivity contribution in [3.8, 4) is 0 Å². The lowest BCUT2D eigenvalue weighted by molar-refractivity contribution is -0.339. The first-order valence-corrected chi connectivity index (χ1v) is 26.5. The summed E-state index contributed by atoms with van der Waals surface area (Å²) < 4.78 is 32.3. The number of esters is 1. The van der Waals surface area contributed by atoms with E-state index in [1.807, 2.05) is 13.8 Å². The van der Waals surface area contributed by atoms with Crippen LogP contribution in [0, 0.1) is 17.3 Å². The molecule has 0 amide bonds. The summed E-state index contributed by atoms with van der Waals surface area (Å²) in [6.45, 7) is 37.1. The number of ether oxygens (including phenoxy) is 3. The fourth-order valence-corrected chi connectivity index (χ4v) is 11.9. The van der Waals surface area contributed by atoms with Crippen LogP contribution in [0.25, 0.3) is 0 Å². The molecule has 316 valence electrons. The number of aliphatic hydroxyl groups excluding tert-OH is 1. The van der Waals surface area contributed by atoms with Gasteiger partial charge >= 0.3 is 5.97 Å². The van der Waals surface area contributed by atoms with Gasteiger partial charge in [0.25, 0.3) is 0 Å². The summed E-state index contributed by atoms with van der Waals surface area (Å²) in [7, 11) is -2.78. The Labute approximate surface area is 334 Å². The molecule has 1 heterocycles. The van der Waals surface area contributed by atoms with Crippen LogP contribution in [0.3, 0.4) is 0 Å². The quantitative estimate of drug-likeness (QED) is 0.0359. The fourth-order valence-electron chi connectivity index (χ4n) is 7.65. The average Bonchev–Trinajstić information content (AvgIpc) is 3.08. The minimum absolute atomic E-state index is 0.00949. The topological polar surface area (TPSA) is 101 Å². The van der Waals surface area contributed by atoms with Crippen molar-refractivity contribution in [1.29, 1.82) is 0 Å². The second kappa shape index (κ2) is 21.6. The first-order valence-electron chi connectivity index (χ1n) is 21.1. The van der Waals surface area contributed by atoms with Crippen molar-refractivity contribution in [2.45, 2.75) is 221 Å². The lowest BCUT2D eigenvalue weighted by Gasteiger charge is -2.53. The Morgan fingerprint density at radius 1 is 0.926 bits per heavy atom. The van der Waals surface area contributed by atoms with Crippen molar-refractivity contribution >= 4 is 28.4 Å². The summed E-state index contributed by atoms with van der Waals surface area (Å²) in [5.41, 5.74) is 1.85. The van der Waals surface area contributed by atoms with Crippen LogP contribution in [0.2, 0.25) is 36.3 Å². The number of carbonyl (C=O) groups is 2. The summed E-state index contributed by atoms with van der Waals surface area (Å²) >= 11 is 0. The summed E-state index contributed by atoms with van der Waals surface area (Å²) in [5.74, 6) is -2.47. The zero-order valence-corrected chi connectivity index (χ0v) is 40.1. The maximum absolute atomic E-state index is 12.9. The highest BCUT2D eigenvalue weighted by molar-refractivity contribution is 6.74. The molecule has 0 aliphatic carbocycles. The Balaban J connectivity index is 3.51. The maximum Gasteiger partial charge on any atom is 0.313 e. The second-order valence-corrected chi connectivity index (χ2v) is 28.3. The summed E-state index contributed by atoms with van der Waals surface area (Å²) in [6, 6.07) is 2.89. The van der Waals surface area contributed by atoms with E-state index < -0.39 is 40.4 Å². The highest BCUT2D eigenvalue weighted by Crippen LogP contribution is 2.46. The Morgan fingerprint density at radius 2 is 1.50 bits per heavy atom. The van der Waals surface area contributed by atoms with Gasteiger partial charge in [0.1, 0.15) is 12.2 Å². The van der Waals surface area contributed by atoms with Gasteiger partial charge in [-0.05, 0) is 87.9 Å². The lowest BCUT2D eigenvalue weighted by atomic mass is 9.71. The molecule has 0 bridgehead atoms. The zero-order valence-electron chi connectivity index (χ0n) is 38.1. The number of hydrogen-bond donors (Lipinski definition) is 1. The van der Waals surface area contributed by atoms with Gasteiger partial charge in [-0.1, -0.05) is 108 Å². The largest absolute Gasteiger partial charge is 0.469 e. The van der Waals surface area contributed by atoms with Crippen LogP contribution >= 0.6 is 0 Å². The molecule has 0 aromatic heterocycles. The molecule has 1 aliphatic heterocycles. The highest BCUT2D eigenvalue weighted by Gasteiger charge is 2.51. The number of rotatable bonds is 23. The number of methoxy groups -OCH3 is 1. The first-order chi connectivity index (χ1) is 24.8. The molecule has 1 unspecified atom stereocenters. The standard InChI is InChI=1S/C44H84O8Si2/c1-19-23-24-25-35(51-53(17,18)42(9,10)11)27-26-31(5)40-43(12,13)41(50-44(14,15)49-40)33(7)28-32(6)38(52-54(20-2,21-3)22-4)29-36(45)34(8)37(46)30-39(47)48-16/h26,28,33-36,38,40-41,45H,19-25,27,29-30H2,1-18H3/b31-26+,32-28+/t33-,34?,35-,36+,38+,40-,41+/m1/s1. The SMILES string of the molecule is CCCCC[C@H](C/C=C(\C)[C@H]1OC(C)(C)O[C@@H]([C@H](C)/C=C(\C)[C@H](C[C@H](O)C(C)C(=O)CC(=O)OC)O[Si](CC)(CC)CC)C1(C)C)O[Si](C)(C)C(C)(C)C.